The van der Waals surface area contributed by atoms with Crippen molar-refractivity contribution in [2.75, 3.05) is 39.6 Å². The Morgan fingerprint density at radius 3 is 2.05 bits per heavy atom. The third-order valence-corrected chi connectivity index (χ3v) is 8.55. The average Bonchev–Trinajstić information content (AvgIpc) is 2.87. The molecule has 0 atom stereocenters. The zero-order valence-corrected chi connectivity index (χ0v) is 23.9. The molecular formula is C27H45NO8Si. The lowest BCUT2D eigenvalue weighted by Crippen LogP contribution is -2.46. The van der Waals surface area contributed by atoms with Gasteiger partial charge in [0.2, 0.25) is 0 Å². The minimum absolute atomic E-state index is 0.329. The van der Waals surface area contributed by atoms with Gasteiger partial charge in [0.1, 0.15) is 5.75 Å². The molecule has 210 valence electrons. The zero-order valence-electron chi connectivity index (χ0n) is 22.9. The van der Waals surface area contributed by atoms with Crippen LogP contribution < -0.4 is 10.1 Å². The summed E-state index contributed by atoms with van der Waals surface area (Å²) in [5.41, 5.74) is 1.21. The van der Waals surface area contributed by atoms with Gasteiger partial charge in [0.15, 0.2) is 0 Å². The van der Waals surface area contributed by atoms with E-state index in [1.807, 2.05) is 52.0 Å². The molecule has 0 aliphatic rings. The molecule has 0 saturated carbocycles. The van der Waals surface area contributed by atoms with Gasteiger partial charge in [0.25, 0.3) is 0 Å². The largest absolute Gasteiger partial charge is 0.500 e. The van der Waals surface area contributed by atoms with E-state index in [1.54, 1.807) is 6.08 Å². The number of carbonyl (C=O) groups excluding carboxylic acids is 1. The Kier molecular flexibility index (Phi) is 17.3. The highest BCUT2D eigenvalue weighted by Crippen LogP contribution is 2.19. The van der Waals surface area contributed by atoms with Crippen molar-refractivity contribution in [3.63, 3.8) is 0 Å². The first-order chi connectivity index (χ1) is 17.9. The number of benzene rings is 1. The van der Waals surface area contributed by atoms with Crippen molar-refractivity contribution in [3.8, 4) is 5.75 Å². The van der Waals surface area contributed by atoms with E-state index >= 15 is 0 Å². The topological polar surface area (TPSA) is 113 Å². The summed E-state index contributed by atoms with van der Waals surface area (Å²) in [6.45, 7) is 10.6. The molecule has 1 rings (SSSR count). The molecule has 0 spiro atoms. The minimum atomic E-state index is -2.69. The van der Waals surface area contributed by atoms with Crippen molar-refractivity contribution in [2.24, 2.45) is 0 Å². The van der Waals surface area contributed by atoms with Crippen molar-refractivity contribution in [1.29, 1.82) is 0 Å². The van der Waals surface area contributed by atoms with E-state index < -0.39 is 20.9 Å². The molecule has 1 aromatic rings. The predicted molar refractivity (Wildman–Crippen MR) is 146 cm³/mol. The number of nitrogens with one attached hydrogen (secondary N) is 1. The quantitative estimate of drug-likeness (QED) is 0.117. The van der Waals surface area contributed by atoms with Gasteiger partial charge in [0.05, 0.1) is 13.2 Å². The maximum Gasteiger partial charge on any atom is 0.500 e. The molecule has 2 N–H and O–H groups in total. The summed E-state index contributed by atoms with van der Waals surface area (Å²) in [4.78, 5) is 23.5. The lowest BCUT2D eigenvalue weighted by Gasteiger charge is -2.28. The van der Waals surface area contributed by atoms with E-state index in [0.29, 0.717) is 64.0 Å². The third kappa shape index (κ3) is 14.2. The molecular weight excluding hydrogens is 494 g/mol. The number of hydrogen-bond donors (Lipinski definition) is 2. The van der Waals surface area contributed by atoms with Crippen molar-refractivity contribution < 1.29 is 37.4 Å². The van der Waals surface area contributed by atoms with Crippen LogP contribution in [0.4, 0.5) is 4.79 Å². The number of carboxylic acid groups (broad SMARTS) is 1. The van der Waals surface area contributed by atoms with Crippen LogP contribution in [0.25, 0.3) is 6.08 Å². The molecule has 9 nitrogen and oxygen atoms in total. The molecule has 0 aliphatic heterocycles. The molecule has 0 unspecified atom stereocenters. The van der Waals surface area contributed by atoms with Crippen LogP contribution in [0, 0.1) is 0 Å². The number of ether oxygens (including phenoxy) is 2. The number of carboxylic acids is 1. The predicted octanol–water partition coefficient (Wildman–Crippen LogP) is 5.67. The van der Waals surface area contributed by atoms with E-state index in [2.05, 4.69) is 5.32 Å². The fourth-order valence-electron chi connectivity index (χ4n) is 3.75. The number of hydrogen-bond acceptors (Lipinski definition) is 7. The van der Waals surface area contributed by atoms with Crippen molar-refractivity contribution in [2.45, 2.75) is 72.3 Å². The van der Waals surface area contributed by atoms with E-state index in [4.69, 9.17) is 22.8 Å². The summed E-state index contributed by atoms with van der Waals surface area (Å²) in [5.74, 6) is -0.140. The van der Waals surface area contributed by atoms with Gasteiger partial charge in [-0.3, -0.25) is 0 Å². The van der Waals surface area contributed by atoms with Crippen molar-refractivity contribution in [1.82, 2.24) is 5.32 Å². The third-order valence-electron chi connectivity index (χ3n) is 5.40. The van der Waals surface area contributed by atoms with E-state index in [0.717, 1.165) is 37.0 Å². The van der Waals surface area contributed by atoms with Crippen LogP contribution in [-0.2, 0) is 22.8 Å². The van der Waals surface area contributed by atoms with Crippen LogP contribution in [0.5, 0.6) is 5.75 Å². The summed E-state index contributed by atoms with van der Waals surface area (Å²) in [7, 11) is -2.69. The maximum atomic E-state index is 11.9. The molecule has 0 aliphatic carbocycles. The maximum absolute atomic E-state index is 11.9. The lowest BCUT2D eigenvalue weighted by molar-refractivity contribution is -0.132. The lowest BCUT2D eigenvalue weighted by atomic mass is 10.0. The van der Waals surface area contributed by atoms with Gasteiger partial charge in [-0.2, -0.15) is 0 Å². The van der Waals surface area contributed by atoms with Gasteiger partial charge >= 0.3 is 20.9 Å². The Balaban J connectivity index is 2.24. The highest BCUT2D eigenvalue weighted by Gasteiger charge is 2.39. The van der Waals surface area contributed by atoms with Gasteiger partial charge in [-0.25, -0.2) is 9.59 Å². The zero-order chi connectivity index (χ0) is 27.4. The highest BCUT2D eigenvalue weighted by molar-refractivity contribution is 6.60. The second kappa shape index (κ2) is 19.7. The van der Waals surface area contributed by atoms with E-state index in [1.165, 1.54) is 0 Å². The number of amides is 1. The summed E-state index contributed by atoms with van der Waals surface area (Å²) >= 11 is 0. The SMILES string of the molecule is CCOc1ccc(/C=C(\CCCCCCOC(=O)NCCC[Si](OCC)(OCC)OCC)C(=O)O)cc1. The van der Waals surface area contributed by atoms with Gasteiger partial charge < -0.3 is 33.2 Å². The standard InChI is InChI=1S/C27H45NO8Si/c1-5-32-25-17-15-23(16-18-25)22-24(26(29)30)14-11-9-10-12-20-33-27(31)28-19-13-21-37(34-6-2,35-7-3)36-8-4/h15-18,22H,5-14,19-21H2,1-4H3,(H,28,31)(H,29,30)/b24-22+. The number of aliphatic carboxylic acids is 1. The van der Waals surface area contributed by atoms with Crippen molar-refractivity contribution >= 4 is 26.9 Å². The number of unbranched alkanes of at least 4 members (excludes halogenated alkanes) is 3. The highest BCUT2D eigenvalue weighted by atomic mass is 28.4. The van der Waals surface area contributed by atoms with Crippen LogP contribution in [0.1, 0.15) is 71.8 Å². The first-order valence-electron chi connectivity index (χ1n) is 13.4. The minimum Gasteiger partial charge on any atom is -0.494 e. The van der Waals surface area contributed by atoms with Gasteiger partial charge in [-0.15, -0.1) is 0 Å². The van der Waals surface area contributed by atoms with Crippen LogP contribution in [0.2, 0.25) is 6.04 Å². The monoisotopic (exact) mass is 539 g/mol. The fraction of sp³-hybridized carbons (Fsp3) is 0.630. The molecule has 0 saturated heterocycles. The Labute approximate surface area is 222 Å². The second-order valence-electron chi connectivity index (χ2n) is 8.29. The average molecular weight is 540 g/mol. The first-order valence-corrected chi connectivity index (χ1v) is 15.3. The summed E-state index contributed by atoms with van der Waals surface area (Å²) in [6, 6.07) is 8.01. The molecule has 1 amide bonds. The van der Waals surface area contributed by atoms with Crippen molar-refractivity contribution in [3.05, 3.63) is 35.4 Å². The fourth-order valence-corrected chi connectivity index (χ4v) is 6.36. The number of carbonyl (C=O) groups is 2. The van der Waals surface area contributed by atoms with Gasteiger partial charge in [-0.1, -0.05) is 25.0 Å². The molecule has 0 bridgehead atoms. The molecule has 10 heteroatoms. The molecule has 37 heavy (non-hydrogen) atoms. The Morgan fingerprint density at radius 2 is 1.49 bits per heavy atom. The van der Waals surface area contributed by atoms with Crippen LogP contribution >= 0.6 is 0 Å². The Bertz CT molecular complexity index is 783. The van der Waals surface area contributed by atoms with Gasteiger partial charge in [0, 0.05) is 38.0 Å². The molecule has 0 heterocycles. The number of alkyl carbamates (subject to hydrolysis) is 1. The van der Waals surface area contributed by atoms with E-state index in [-0.39, 0.29) is 0 Å². The summed E-state index contributed by atoms with van der Waals surface area (Å²) in [5, 5.41) is 12.3. The number of rotatable bonds is 21. The molecule has 1 aromatic carbocycles. The van der Waals surface area contributed by atoms with Crippen LogP contribution in [0.3, 0.4) is 0 Å². The first kappa shape index (κ1) is 32.6. The molecule has 0 fully saturated rings. The molecule has 0 radical (unpaired) electrons. The smallest absolute Gasteiger partial charge is 0.494 e. The summed E-state index contributed by atoms with van der Waals surface area (Å²) < 4.78 is 28.1. The normalized spacial score (nSPS) is 11.8. The Morgan fingerprint density at radius 1 is 0.865 bits per heavy atom. The second-order valence-corrected chi connectivity index (χ2v) is 11.0. The molecule has 0 aromatic heterocycles. The van der Waals surface area contributed by atoms with Crippen LogP contribution in [-0.4, -0.2) is 65.6 Å². The van der Waals surface area contributed by atoms with Crippen LogP contribution in [0.15, 0.2) is 29.8 Å². The van der Waals surface area contributed by atoms with E-state index in [9.17, 15) is 14.7 Å². The Hall–Kier alpha value is -2.40. The summed E-state index contributed by atoms with van der Waals surface area (Å²) in [6.07, 6.45) is 5.63. The van der Waals surface area contributed by atoms with Gasteiger partial charge in [-0.05, 0) is 77.2 Å².